The van der Waals surface area contributed by atoms with E-state index in [1.165, 1.54) is 0 Å². The lowest BCUT2D eigenvalue weighted by Gasteiger charge is -2.07. The van der Waals surface area contributed by atoms with Crippen LogP contribution in [-0.4, -0.2) is 18.2 Å². The van der Waals surface area contributed by atoms with Crippen LogP contribution in [-0.2, 0) is 0 Å². The molecule has 5 nitrogen and oxygen atoms in total. The van der Waals surface area contributed by atoms with Crippen LogP contribution >= 0.6 is 11.8 Å². The number of hydrogen-bond acceptors (Lipinski definition) is 6. The number of aromatic nitrogens is 1. The number of nitrogens with zero attached hydrogens (tertiary/aromatic N) is 1. The molecule has 2 N–H and O–H groups in total. The number of nitrogen functional groups attached to an aromatic ring is 1. The molecule has 2 aromatic rings. The normalized spacial score (nSPS) is 13.0. The average molecular weight is 250 g/mol. The summed E-state index contributed by atoms with van der Waals surface area (Å²) in [4.78, 5) is 0.969. The Kier molecular flexibility index (Phi) is 2.36. The molecular formula is C11H10N2O3S. The lowest BCUT2D eigenvalue weighted by Crippen LogP contribution is -1.93. The summed E-state index contributed by atoms with van der Waals surface area (Å²) in [5.41, 5.74) is 6.46. The molecule has 1 aromatic heterocycles. The molecule has 3 rings (SSSR count). The van der Waals surface area contributed by atoms with E-state index in [2.05, 4.69) is 5.16 Å². The van der Waals surface area contributed by atoms with Crippen LogP contribution < -0.4 is 15.2 Å². The van der Waals surface area contributed by atoms with Crippen molar-refractivity contribution in [2.75, 3.05) is 18.8 Å². The molecule has 0 spiro atoms. The van der Waals surface area contributed by atoms with Crippen molar-refractivity contribution < 1.29 is 14.0 Å². The fourth-order valence-electron chi connectivity index (χ4n) is 1.76. The Hall–Kier alpha value is -1.82. The zero-order valence-corrected chi connectivity index (χ0v) is 9.91. The number of ether oxygens (including phenoxy) is 2. The summed E-state index contributed by atoms with van der Waals surface area (Å²) in [6.45, 7) is 0.255. The van der Waals surface area contributed by atoms with Crippen LogP contribution in [0.15, 0.2) is 27.6 Å². The molecule has 88 valence electrons. The van der Waals surface area contributed by atoms with Gasteiger partial charge in [0.1, 0.15) is 0 Å². The van der Waals surface area contributed by atoms with Crippen LogP contribution in [0.1, 0.15) is 0 Å². The van der Waals surface area contributed by atoms with E-state index in [4.69, 9.17) is 19.7 Å². The minimum absolute atomic E-state index is 0.255. The molecule has 0 aliphatic carbocycles. The van der Waals surface area contributed by atoms with Crippen molar-refractivity contribution >= 4 is 17.6 Å². The summed E-state index contributed by atoms with van der Waals surface area (Å²) in [7, 11) is 0. The molecule has 6 heteroatoms. The Morgan fingerprint density at radius 2 is 2.24 bits per heavy atom. The quantitative estimate of drug-likeness (QED) is 0.825. The molecule has 0 amide bonds. The smallest absolute Gasteiger partial charge is 0.231 e. The number of rotatable bonds is 2. The predicted molar refractivity (Wildman–Crippen MR) is 64.3 cm³/mol. The second-order valence-corrected chi connectivity index (χ2v) is 4.31. The molecule has 1 aromatic carbocycles. The van der Waals surface area contributed by atoms with Gasteiger partial charge in [0.2, 0.25) is 6.79 Å². The first kappa shape index (κ1) is 10.3. The third-order valence-electron chi connectivity index (χ3n) is 2.49. The predicted octanol–water partition coefficient (Wildman–Crippen LogP) is 2.37. The first-order chi connectivity index (χ1) is 8.29. The maximum atomic E-state index is 5.55. The molecule has 0 saturated heterocycles. The highest BCUT2D eigenvalue weighted by Gasteiger charge is 2.22. The van der Waals surface area contributed by atoms with E-state index >= 15 is 0 Å². The molecular weight excluding hydrogens is 240 g/mol. The first-order valence-electron chi connectivity index (χ1n) is 4.98. The van der Waals surface area contributed by atoms with Gasteiger partial charge in [0.05, 0.1) is 4.90 Å². The molecule has 1 aliphatic rings. The van der Waals surface area contributed by atoms with Crippen LogP contribution in [0.2, 0.25) is 0 Å². The van der Waals surface area contributed by atoms with Gasteiger partial charge in [-0.3, -0.25) is 0 Å². The molecule has 0 saturated carbocycles. The van der Waals surface area contributed by atoms with Gasteiger partial charge >= 0.3 is 0 Å². The Morgan fingerprint density at radius 1 is 1.35 bits per heavy atom. The van der Waals surface area contributed by atoms with E-state index < -0.39 is 0 Å². The number of nitrogens with two attached hydrogens (primary N) is 1. The van der Waals surface area contributed by atoms with Gasteiger partial charge < -0.3 is 19.7 Å². The second kappa shape index (κ2) is 3.89. The van der Waals surface area contributed by atoms with Gasteiger partial charge in [0.25, 0.3) is 0 Å². The number of benzene rings is 1. The third-order valence-corrected chi connectivity index (χ3v) is 3.31. The molecule has 2 heterocycles. The number of thioether (sulfide) groups is 1. The van der Waals surface area contributed by atoms with E-state index in [1.807, 2.05) is 18.4 Å². The van der Waals surface area contributed by atoms with Crippen molar-refractivity contribution in [1.29, 1.82) is 0 Å². The summed E-state index contributed by atoms with van der Waals surface area (Å²) >= 11 is 1.57. The summed E-state index contributed by atoms with van der Waals surface area (Å²) < 4.78 is 16.0. The van der Waals surface area contributed by atoms with Gasteiger partial charge in [-0.2, -0.15) is 0 Å². The number of anilines is 1. The van der Waals surface area contributed by atoms with Crippen molar-refractivity contribution in [3.63, 3.8) is 0 Å². The molecule has 17 heavy (non-hydrogen) atoms. The topological polar surface area (TPSA) is 70.5 Å². The van der Waals surface area contributed by atoms with E-state index in [9.17, 15) is 0 Å². The molecule has 0 unspecified atom stereocenters. The molecule has 0 fully saturated rings. The molecule has 0 radical (unpaired) electrons. The van der Waals surface area contributed by atoms with Gasteiger partial charge in [-0.15, -0.1) is 11.8 Å². The Morgan fingerprint density at radius 3 is 2.94 bits per heavy atom. The Bertz CT molecular complexity index is 568. The Balaban J connectivity index is 2.17. The highest BCUT2D eigenvalue weighted by molar-refractivity contribution is 7.98. The largest absolute Gasteiger partial charge is 0.454 e. The summed E-state index contributed by atoms with van der Waals surface area (Å²) in [6.07, 6.45) is 1.97. The minimum Gasteiger partial charge on any atom is -0.454 e. The molecule has 0 atom stereocenters. The highest BCUT2D eigenvalue weighted by atomic mass is 32.2. The van der Waals surface area contributed by atoms with E-state index in [0.29, 0.717) is 11.6 Å². The zero-order valence-electron chi connectivity index (χ0n) is 9.10. The fraction of sp³-hybridized carbons (Fsp3) is 0.182. The van der Waals surface area contributed by atoms with Gasteiger partial charge in [0.15, 0.2) is 23.1 Å². The van der Waals surface area contributed by atoms with Crippen LogP contribution in [0.25, 0.3) is 11.3 Å². The SMILES string of the molecule is CSc1c(-c2cc(N)no2)ccc2c1OCO2. The highest BCUT2D eigenvalue weighted by Crippen LogP contribution is 2.45. The molecule has 0 bridgehead atoms. The maximum absolute atomic E-state index is 5.55. The monoisotopic (exact) mass is 250 g/mol. The second-order valence-electron chi connectivity index (χ2n) is 3.50. The molecule has 1 aliphatic heterocycles. The van der Waals surface area contributed by atoms with E-state index in [1.54, 1.807) is 17.8 Å². The van der Waals surface area contributed by atoms with Gasteiger partial charge in [-0.25, -0.2) is 0 Å². The maximum Gasteiger partial charge on any atom is 0.231 e. The van der Waals surface area contributed by atoms with Crippen molar-refractivity contribution in [2.24, 2.45) is 0 Å². The van der Waals surface area contributed by atoms with Gasteiger partial charge in [-0.1, -0.05) is 5.16 Å². The van der Waals surface area contributed by atoms with E-state index in [-0.39, 0.29) is 6.79 Å². The minimum atomic E-state index is 0.255. The van der Waals surface area contributed by atoms with Gasteiger partial charge in [0, 0.05) is 11.6 Å². The van der Waals surface area contributed by atoms with Gasteiger partial charge in [-0.05, 0) is 18.4 Å². The third kappa shape index (κ3) is 1.61. The zero-order chi connectivity index (χ0) is 11.8. The fourth-order valence-corrected chi connectivity index (χ4v) is 2.49. The van der Waals surface area contributed by atoms with Crippen LogP contribution in [0.3, 0.4) is 0 Å². The summed E-state index contributed by atoms with van der Waals surface area (Å²) in [6, 6.07) is 5.46. The van der Waals surface area contributed by atoms with Crippen molar-refractivity contribution in [1.82, 2.24) is 5.16 Å². The van der Waals surface area contributed by atoms with E-state index in [0.717, 1.165) is 22.0 Å². The number of fused-ring (bicyclic) bond motifs is 1. The van der Waals surface area contributed by atoms with Crippen molar-refractivity contribution in [3.05, 3.63) is 18.2 Å². The van der Waals surface area contributed by atoms with Crippen LogP contribution in [0, 0.1) is 0 Å². The van der Waals surface area contributed by atoms with Crippen LogP contribution in [0.5, 0.6) is 11.5 Å². The summed E-state index contributed by atoms with van der Waals surface area (Å²) in [5.74, 6) is 2.51. The average Bonchev–Trinajstić information content (AvgIpc) is 2.95. The lowest BCUT2D eigenvalue weighted by molar-refractivity contribution is 0.172. The standard InChI is InChI=1S/C11H10N2O3S/c1-17-11-6(8-4-9(12)13-16-8)2-3-7-10(11)15-5-14-7/h2-4H,5H2,1H3,(H2,12,13). The van der Waals surface area contributed by atoms with Crippen LogP contribution in [0.4, 0.5) is 5.82 Å². The van der Waals surface area contributed by atoms with Crippen molar-refractivity contribution in [3.8, 4) is 22.8 Å². The number of hydrogen-bond donors (Lipinski definition) is 1. The summed E-state index contributed by atoms with van der Waals surface area (Å²) in [5, 5.41) is 3.68. The first-order valence-corrected chi connectivity index (χ1v) is 6.21. The lowest BCUT2D eigenvalue weighted by atomic mass is 10.1. The van der Waals surface area contributed by atoms with Crippen molar-refractivity contribution in [2.45, 2.75) is 4.90 Å². The Labute approximate surface area is 102 Å².